The summed E-state index contributed by atoms with van der Waals surface area (Å²) < 4.78 is 0. The molecule has 2 aliphatic carbocycles. The van der Waals surface area contributed by atoms with Crippen molar-refractivity contribution in [2.45, 2.75) is 63.8 Å². The molecule has 0 bridgehead atoms. The number of nitrogens with two attached hydrogens (primary N) is 1. The summed E-state index contributed by atoms with van der Waals surface area (Å²) in [6.07, 6.45) is 14.7. The molecule has 2 N–H and O–H groups in total. The van der Waals surface area contributed by atoms with Crippen molar-refractivity contribution in [3.8, 4) is 0 Å². The van der Waals surface area contributed by atoms with E-state index in [9.17, 15) is 0 Å². The first-order chi connectivity index (χ1) is 6.86. The quantitative estimate of drug-likeness (QED) is 0.683. The fraction of sp³-hybridized carbons (Fsp3) is 0.846. The van der Waals surface area contributed by atoms with Crippen LogP contribution in [0.15, 0.2) is 11.6 Å². The largest absolute Gasteiger partial charge is 0.324 e. The molecule has 1 nitrogen and oxygen atoms in total. The first-order valence-electron chi connectivity index (χ1n) is 6.31. The molecular formula is C13H23N. The van der Waals surface area contributed by atoms with E-state index in [2.05, 4.69) is 6.08 Å². The van der Waals surface area contributed by atoms with Crippen molar-refractivity contribution in [1.82, 2.24) is 0 Å². The maximum Gasteiger partial charge on any atom is 0.0256 e. The van der Waals surface area contributed by atoms with Gasteiger partial charge in [0.05, 0.1) is 0 Å². The molecule has 0 aliphatic heterocycles. The highest BCUT2D eigenvalue weighted by Crippen LogP contribution is 2.31. The molecule has 0 spiro atoms. The summed E-state index contributed by atoms with van der Waals surface area (Å²) >= 11 is 0. The van der Waals surface area contributed by atoms with Crippen molar-refractivity contribution in [3.05, 3.63) is 11.6 Å². The minimum absolute atomic E-state index is 0.387. The summed E-state index contributed by atoms with van der Waals surface area (Å²) in [4.78, 5) is 0. The first kappa shape index (κ1) is 10.2. The monoisotopic (exact) mass is 193 g/mol. The molecule has 14 heavy (non-hydrogen) atoms. The Kier molecular flexibility index (Phi) is 3.63. The van der Waals surface area contributed by atoms with Gasteiger partial charge in [0, 0.05) is 6.04 Å². The predicted molar refractivity (Wildman–Crippen MR) is 61.1 cm³/mol. The van der Waals surface area contributed by atoms with E-state index in [4.69, 9.17) is 5.73 Å². The van der Waals surface area contributed by atoms with E-state index < -0.39 is 0 Å². The third-order valence-corrected chi connectivity index (χ3v) is 3.86. The number of allylic oxidation sites excluding steroid dienone is 1. The summed E-state index contributed by atoms with van der Waals surface area (Å²) in [5.74, 6) is 0.938. The second kappa shape index (κ2) is 4.97. The van der Waals surface area contributed by atoms with E-state index in [0.717, 1.165) is 5.92 Å². The minimum Gasteiger partial charge on any atom is -0.324 e. The fourth-order valence-corrected chi connectivity index (χ4v) is 2.96. The lowest BCUT2D eigenvalue weighted by atomic mass is 9.88. The van der Waals surface area contributed by atoms with Crippen LogP contribution in [0, 0.1) is 5.92 Å². The highest BCUT2D eigenvalue weighted by molar-refractivity contribution is 5.12. The Balaban J connectivity index is 1.81. The molecule has 1 atom stereocenters. The molecular weight excluding hydrogens is 170 g/mol. The number of hydrogen-bond donors (Lipinski definition) is 1. The molecule has 1 unspecified atom stereocenters. The SMILES string of the molecule is NC(CC1CCCC1)C1=CCCCC1. The molecule has 1 saturated carbocycles. The Hall–Kier alpha value is -0.300. The van der Waals surface area contributed by atoms with E-state index in [1.54, 1.807) is 5.57 Å². The molecule has 1 fully saturated rings. The molecule has 2 rings (SSSR count). The van der Waals surface area contributed by atoms with Gasteiger partial charge in [-0.3, -0.25) is 0 Å². The molecule has 0 aromatic heterocycles. The lowest BCUT2D eigenvalue weighted by Crippen LogP contribution is -2.26. The molecule has 0 amide bonds. The van der Waals surface area contributed by atoms with Gasteiger partial charge in [-0.05, 0) is 38.0 Å². The lowest BCUT2D eigenvalue weighted by molar-refractivity contribution is 0.456. The molecule has 0 aromatic carbocycles. The van der Waals surface area contributed by atoms with Gasteiger partial charge in [-0.25, -0.2) is 0 Å². The maximum atomic E-state index is 6.26. The molecule has 0 heterocycles. The second-order valence-corrected chi connectivity index (χ2v) is 5.02. The zero-order valence-corrected chi connectivity index (χ0v) is 9.17. The van der Waals surface area contributed by atoms with Crippen LogP contribution >= 0.6 is 0 Å². The Morgan fingerprint density at radius 2 is 2.00 bits per heavy atom. The van der Waals surface area contributed by atoms with Crippen LogP contribution in [0.2, 0.25) is 0 Å². The molecule has 0 aromatic rings. The van der Waals surface area contributed by atoms with E-state index in [0.29, 0.717) is 6.04 Å². The standard InChI is InChI=1S/C13H23N/c14-13(10-11-6-4-5-7-11)12-8-2-1-3-9-12/h8,11,13H,1-7,9-10,14H2. The summed E-state index contributed by atoms with van der Waals surface area (Å²) in [6.45, 7) is 0. The van der Waals surface area contributed by atoms with Gasteiger partial charge in [0.15, 0.2) is 0 Å². The maximum absolute atomic E-state index is 6.26. The Labute approximate surface area is 87.8 Å². The Bertz CT molecular complexity index is 201. The molecule has 1 heteroatoms. The number of hydrogen-bond acceptors (Lipinski definition) is 1. The topological polar surface area (TPSA) is 26.0 Å². The highest BCUT2D eigenvalue weighted by Gasteiger charge is 2.20. The van der Waals surface area contributed by atoms with Crippen LogP contribution in [-0.4, -0.2) is 6.04 Å². The van der Waals surface area contributed by atoms with Crippen LogP contribution in [0.1, 0.15) is 57.8 Å². The van der Waals surface area contributed by atoms with Crippen molar-refractivity contribution in [3.63, 3.8) is 0 Å². The van der Waals surface area contributed by atoms with Crippen LogP contribution in [-0.2, 0) is 0 Å². The Morgan fingerprint density at radius 1 is 1.21 bits per heavy atom. The van der Waals surface area contributed by atoms with Crippen molar-refractivity contribution in [2.24, 2.45) is 11.7 Å². The lowest BCUT2D eigenvalue weighted by Gasteiger charge is -2.22. The van der Waals surface area contributed by atoms with Crippen LogP contribution in [0.3, 0.4) is 0 Å². The van der Waals surface area contributed by atoms with E-state index in [1.165, 1.54) is 57.8 Å². The van der Waals surface area contributed by atoms with Gasteiger partial charge in [-0.1, -0.05) is 37.3 Å². The normalized spacial score (nSPS) is 26.2. The summed E-state index contributed by atoms with van der Waals surface area (Å²) in [5.41, 5.74) is 7.82. The van der Waals surface area contributed by atoms with E-state index >= 15 is 0 Å². The summed E-state index contributed by atoms with van der Waals surface area (Å²) in [5, 5.41) is 0. The zero-order valence-electron chi connectivity index (χ0n) is 9.17. The number of rotatable bonds is 3. The van der Waals surface area contributed by atoms with Crippen LogP contribution < -0.4 is 5.73 Å². The van der Waals surface area contributed by atoms with Crippen LogP contribution in [0.5, 0.6) is 0 Å². The third kappa shape index (κ3) is 2.60. The zero-order chi connectivity index (χ0) is 9.80. The smallest absolute Gasteiger partial charge is 0.0256 e. The molecule has 2 aliphatic rings. The minimum atomic E-state index is 0.387. The average molecular weight is 193 g/mol. The highest BCUT2D eigenvalue weighted by atomic mass is 14.6. The van der Waals surface area contributed by atoms with E-state index in [-0.39, 0.29) is 0 Å². The predicted octanol–water partition coefficient (Wildman–Crippen LogP) is 3.39. The second-order valence-electron chi connectivity index (χ2n) is 5.02. The molecule has 80 valence electrons. The van der Waals surface area contributed by atoms with Gasteiger partial charge in [-0.2, -0.15) is 0 Å². The van der Waals surface area contributed by atoms with Gasteiger partial charge < -0.3 is 5.73 Å². The molecule has 0 saturated heterocycles. The molecule has 0 radical (unpaired) electrons. The Morgan fingerprint density at radius 3 is 2.64 bits per heavy atom. The summed E-state index contributed by atoms with van der Waals surface area (Å²) in [6, 6.07) is 0.387. The van der Waals surface area contributed by atoms with Gasteiger partial charge in [0.2, 0.25) is 0 Å². The van der Waals surface area contributed by atoms with Crippen LogP contribution in [0.4, 0.5) is 0 Å². The first-order valence-corrected chi connectivity index (χ1v) is 6.31. The van der Waals surface area contributed by atoms with Gasteiger partial charge in [0.1, 0.15) is 0 Å². The van der Waals surface area contributed by atoms with Gasteiger partial charge >= 0.3 is 0 Å². The van der Waals surface area contributed by atoms with Crippen molar-refractivity contribution in [2.75, 3.05) is 0 Å². The van der Waals surface area contributed by atoms with Crippen molar-refractivity contribution in [1.29, 1.82) is 0 Å². The van der Waals surface area contributed by atoms with Crippen molar-refractivity contribution < 1.29 is 0 Å². The van der Waals surface area contributed by atoms with Gasteiger partial charge in [-0.15, -0.1) is 0 Å². The van der Waals surface area contributed by atoms with Crippen molar-refractivity contribution >= 4 is 0 Å². The van der Waals surface area contributed by atoms with Crippen LogP contribution in [0.25, 0.3) is 0 Å². The summed E-state index contributed by atoms with van der Waals surface area (Å²) in [7, 11) is 0. The third-order valence-electron chi connectivity index (χ3n) is 3.86. The van der Waals surface area contributed by atoms with E-state index in [1.807, 2.05) is 0 Å². The van der Waals surface area contributed by atoms with Gasteiger partial charge in [0.25, 0.3) is 0 Å². The average Bonchev–Trinajstić information content (AvgIpc) is 2.72. The fourth-order valence-electron chi connectivity index (χ4n) is 2.96.